The molecule has 166 valence electrons. The van der Waals surface area contributed by atoms with Gasteiger partial charge in [0.25, 0.3) is 0 Å². The Labute approximate surface area is 179 Å². The summed E-state index contributed by atoms with van der Waals surface area (Å²) in [5.41, 5.74) is 0.978. The molecule has 1 aromatic heterocycles. The van der Waals surface area contributed by atoms with Gasteiger partial charge in [0.05, 0.1) is 24.5 Å². The van der Waals surface area contributed by atoms with Gasteiger partial charge in [-0.1, -0.05) is 0 Å². The van der Waals surface area contributed by atoms with Crippen LogP contribution in [-0.4, -0.2) is 64.5 Å². The van der Waals surface area contributed by atoms with Crippen molar-refractivity contribution in [2.24, 2.45) is 13.0 Å². The second kappa shape index (κ2) is 8.86. The largest absolute Gasteiger partial charge is 0.442 e. The quantitative estimate of drug-likeness (QED) is 0.734. The minimum absolute atomic E-state index is 0.193. The number of cyclic esters (lactones) is 1. The normalized spacial score (nSPS) is 19.6. The number of ether oxygens (including phenoxy) is 1. The van der Waals surface area contributed by atoms with Crippen molar-refractivity contribution in [3.05, 3.63) is 29.8 Å². The molecule has 2 aliphatic rings. The third kappa shape index (κ3) is 4.75. The van der Waals surface area contributed by atoms with Gasteiger partial charge in [0.15, 0.2) is 5.82 Å². The predicted octanol–water partition coefficient (Wildman–Crippen LogP) is 1.27. The van der Waals surface area contributed by atoms with E-state index in [0.717, 1.165) is 38.2 Å². The topological polar surface area (TPSA) is 105 Å². The van der Waals surface area contributed by atoms with Gasteiger partial charge in [0.1, 0.15) is 11.9 Å². The van der Waals surface area contributed by atoms with E-state index in [1.807, 2.05) is 11.9 Å². The molecule has 3 heterocycles. The van der Waals surface area contributed by atoms with Crippen LogP contribution in [0.5, 0.6) is 0 Å². The highest BCUT2D eigenvalue weighted by molar-refractivity contribution is 5.90. The van der Waals surface area contributed by atoms with Crippen LogP contribution in [0.25, 0.3) is 0 Å². The lowest BCUT2D eigenvalue weighted by atomic mass is 9.93. The number of carbonyl (C=O) groups is 2. The van der Waals surface area contributed by atoms with Crippen LogP contribution in [0.2, 0.25) is 0 Å². The molecule has 2 fully saturated rings. The van der Waals surface area contributed by atoms with Gasteiger partial charge in [-0.3, -0.25) is 9.69 Å². The predicted molar refractivity (Wildman–Crippen MR) is 110 cm³/mol. The van der Waals surface area contributed by atoms with Crippen LogP contribution in [-0.2, 0) is 23.0 Å². The Balaban J connectivity index is 1.35. The Bertz CT molecular complexity index is 958. The number of aromatic nitrogens is 4. The standard InChI is InChI=1S/C20H26FN7O3/c1-13(29)22-11-16-12-28(20(30)31-16)15-3-4-18(17(21)10-15)27-7-5-14(6-8-27)9-19-23-24-25-26(19)2/h3-4,10,14,16H,5-9,11-12H2,1-2H3,(H,22,29). The Morgan fingerprint density at radius 3 is 2.74 bits per heavy atom. The highest BCUT2D eigenvalue weighted by Gasteiger charge is 2.33. The number of rotatable bonds is 6. The zero-order valence-corrected chi connectivity index (χ0v) is 17.6. The van der Waals surface area contributed by atoms with Crippen molar-refractivity contribution in [3.63, 3.8) is 0 Å². The second-order valence-corrected chi connectivity index (χ2v) is 8.04. The van der Waals surface area contributed by atoms with E-state index in [1.165, 1.54) is 17.9 Å². The van der Waals surface area contributed by atoms with Crippen LogP contribution in [0.4, 0.5) is 20.6 Å². The zero-order chi connectivity index (χ0) is 22.0. The lowest BCUT2D eigenvalue weighted by Gasteiger charge is -2.33. The van der Waals surface area contributed by atoms with Gasteiger partial charge in [0.2, 0.25) is 5.91 Å². The number of aryl methyl sites for hydroxylation is 1. The van der Waals surface area contributed by atoms with Crippen molar-refractivity contribution in [1.82, 2.24) is 25.5 Å². The summed E-state index contributed by atoms with van der Waals surface area (Å²) in [4.78, 5) is 26.6. The molecule has 1 unspecified atom stereocenters. The summed E-state index contributed by atoms with van der Waals surface area (Å²) < 4.78 is 21.9. The third-order valence-electron chi connectivity index (χ3n) is 5.83. The Hall–Kier alpha value is -3.24. The first kappa shape index (κ1) is 21.0. The zero-order valence-electron chi connectivity index (χ0n) is 17.6. The number of nitrogens with zero attached hydrogens (tertiary/aromatic N) is 6. The maximum Gasteiger partial charge on any atom is 0.414 e. The molecule has 2 saturated heterocycles. The molecule has 1 aromatic carbocycles. The van der Waals surface area contributed by atoms with Crippen LogP contribution in [0.1, 0.15) is 25.6 Å². The molecule has 0 saturated carbocycles. The summed E-state index contributed by atoms with van der Waals surface area (Å²) in [6, 6.07) is 4.82. The number of benzene rings is 1. The molecule has 2 aliphatic heterocycles. The molecule has 1 atom stereocenters. The fraction of sp³-hybridized carbons (Fsp3) is 0.550. The Kier molecular flexibility index (Phi) is 6.01. The van der Waals surface area contributed by atoms with E-state index in [-0.39, 0.29) is 24.8 Å². The molecule has 0 spiro atoms. The number of halogens is 1. The van der Waals surface area contributed by atoms with E-state index in [2.05, 4.69) is 20.8 Å². The summed E-state index contributed by atoms with van der Waals surface area (Å²) in [7, 11) is 1.83. The average Bonchev–Trinajstić information content (AvgIpc) is 3.32. The summed E-state index contributed by atoms with van der Waals surface area (Å²) in [6.45, 7) is 3.39. The second-order valence-electron chi connectivity index (χ2n) is 8.04. The average molecular weight is 431 g/mol. The lowest BCUT2D eigenvalue weighted by molar-refractivity contribution is -0.119. The Morgan fingerprint density at radius 1 is 1.32 bits per heavy atom. The van der Waals surface area contributed by atoms with Gasteiger partial charge in [0, 0.05) is 33.5 Å². The number of hydrogen-bond donors (Lipinski definition) is 1. The van der Waals surface area contributed by atoms with Crippen LogP contribution in [0, 0.1) is 11.7 Å². The van der Waals surface area contributed by atoms with E-state index in [1.54, 1.807) is 16.8 Å². The van der Waals surface area contributed by atoms with E-state index in [4.69, 9.17) is 4.74 Å². The maximum absolute atomic E-state index is 14.9. The van der Waals surface area contributed by atoms with E-state index >= 15 is 0 Å². The number of carbonyl (C=O) groups excluding carboxylic acids is 2. The van der Waals surface area contributed by atoms with Crippen LogP contribution in [0.15, 0.2) is 18.2 Å². The van der Waals surface area contributed by atoms with Crippen molar-refractivity contribution in [2.45, 2.75) is 32.3 Å². The smallest absolute Gasteiger partial charge is 0.414 e. The molecule has 4 rings (SSSR count). The van der Waals surface area contributed by atoms with Gasteiger partial charge in [-0.15, -0.1) is 5.10 Å². The first-order valence-corrected chi connectivity index (χ1v) is 10.4. The van der Waals surface area contributed by atoms with Gasteiger partial charge in [-0.05, 0) is 47.4 Å². The monoisotopic (exact) mass is 431 g/mol. The minimum atomic E-state index is -0.540. The summed E-state index contributed by atoms with van der Waals surface area (Å²) in [5, 5.41) is 14.2. The molecular weight excluding hydrogens is 405 g/mol. The van der Waals surface area contributed by atoms with Crippen molar-refractivity contribution in [2.75, 3.05) is 36.0 Å². The SMILES string of the molecule is CC(=O)NCC1CN(c2ccc(N3CCC(Cc4nnnn4C)CC3)c(F)c2)C(=O)O1. The molecule has 10 nitrogen and oxygen atoms in total. The maximum atomic E-state index is 14.9. The van der Waals surface area contributed by atoms with Crippen LogP contribution < -0.4 is 15.1 Å². The van der Waals surface area contributed by atoms with Crippen molar-refractivity contribution < 1.29 is 18.7 Å². The molecule has 0 bridgehead atoms. The highest BCUT2D eigenvalue weighted by Crippen LogP contribution is 2.31. The summed E-state index contributed by atoms with van der Waals surface area (Å²) >= 11 is 0. The van der Waals surface area contributed by atoms with Gasteiger partial charge in [-0.25, -0.2) is 13.9 Å². The highest BCUT2D eigenvalue weighted by atomic mass is 19.1. The number of anilines is 2. The van der Waals surface area contributed by atoms with Crippen LogP contribution >= 0.6 is 0 Å². The number of amides is 2. The molecule has 11 heteroatoms. The first-order valence-electron chi connectivity index (χ1n) is 10.4. The van der Waals surface area contributed by atoms with E-state index < -0.39 is 12.2 Å². The fourth-order valence-electron chi connectivity index (χ4n) is 4.07. The molecule has 2 amide bonds. The molecule has 1 N–H and O–H groups in total. The number of tetrazole rings is 1. The molecular formula is C20H26FN7O3. The van der Waals surface area contributed by atoms with Crippen molar-refractivity contribution in [3.8, 4) is 0 Å². The third-order valence-corrected chi connectivity index (χ3v) is 5.83. The summed E-state index contributed by atoms with van der Waals surface area (Å²) in [5.74, 6) is 0.764. The molecule has 31 heavy (non-hydrogen) atoms. The first-order chi connectivity index (χ1) is 14.9. The molecule has 2 aromatic rings. The summed E-state index contributed by atoms with van der Waals surface area (Å²) in [6.07, 6.45) is 1.67. The number of hydrogen-bond acceptors (Lipinski definition) is 7. The van der Waals surface area contributed by atoms with Gasteiger partial charge in [-0.2, -0.15) is 0 Å². The van der Waals surface area contributed by atoms with E-state index in [0.29, 0.717) is 17.3 Å². The molecule has 0 radical (unpaired) electrons. The van der Waals surface area contributed by atoms with Gasteiger partial charge >= 0.3 is 6.09 Å². The Morgan fingerprint density at radius 2 is 2.10 bits per heavy atom. The van der Waals surface area contributed by atoms with Crippen LogP contribution in [0.3, 0.4) is 0 Å². The van der Waals surface area contributed by atoms with E-state index in [9.17, 15) is 14.0 Å². The number of nitrogens with one attached hydrogen (secondary N) is 1. The number of piperidine rings is 1. The van der Waals surface area contributed by atoms with Crippen molar-refractivity contribution >= 4 is 23.4 Å². The lowest BCUT2D eigenvalue weighted by Crippen LogP contribution is -2.35. The fourth-order valence-corrected chi connectivity index (χ4v) is 4.07. The molecule has 0 aliphatic carbocycles. The van der Waals surface area contributed by atoms with Gasteiger partial charge < -0.3 is 15.0 Å². The van der Waals surface area contributed by atoms with Crippen molar-refractivity contribution in [1.29, 1.82) is 0 Å². The minimum Gasteiger partial charge on any atom is -0.442 e.